The van der Waals surface area contributed by atoms with E-state index in [0.29, 0.717) is 0 Å². The van der Waals surface area contributed by atoms with Crippen molar-refractivity contribution in [3.05, 3.63) is 302 Å². The maximum atomic E-state index is 5.23. The van der Waals surface area contributed by atoms with Crippen molar-refractivity contribution in [1.82, 2.24) is 39.9 Å². The van der Waals surface area contributed by atoms with Crippen molar-refractivity contribution < 1.29 is 17.1 Å². The van der Waals surface area contributed by atoms with Crippen LogP contribution in [0, 0.1) is 63.2 Å². The predicted octanol–water partition coefficient (Wildman–Crippen LogP) is 17.5. The van der Waals surface area contributed by atoms with Gasteiger partial charge in [0, 0.05) is 89.4 Å². The standard InChI is InChI=1S/2C37H25N4.Fe/c2*1-3-9-24(10-4-1)35-29-17-15-27(38-29)23-28-16-18-30(39-28)36(25-11-5-2-6-12-25)32-20-22-34(41-32)37(26-13-7-8-14-26)33-21-19-31(35)40-33;/h2*1-23,38-39H;/q;;+2. The molecule has 4 N–H and O–H groups in total. The van der Waals surface area contributed by atoms with Gasteiger partial charge in [-0.25, -0.2) is 19.9 Å². The molecule has 392 valence electrons. The van der Waals surface area contributed by atoms with E-state index in [1.165, 1.54) is 0 Å². The first-order valence-corrected chi connectivity index (χ1v) is 27.5. The molecule has 0 amide bonds. The molecule has 0 spiro atoms. The summed E-state index contributed by atoms with van der Waals surface area (Å²) < 4.78 is 0. The molecule has 10 heterocycles. The van der Waals surface area contributed by atoms with E-state index in [0.717, 1.165) is 157 Å². The Bertz CT molecular complexity index is 4000. The summed E-state index contributed by atoms with van der Waals surface area (Å²) >= 11 is 0. The third-order valence-electron chi connectivity index (χ3n) is 15.3. The van der Waals surface area contributed by atoms with Gasteiger partial charge in [0.15, 0.2) is 0 Å². The molecule has 83 heavy (non-hydrogen) atoms. The molecule has 16 rings (SSSR count). The second-order valence-corrected chi connectivity index (χ2v) is 20.5. The van der Waals surface area contributed by atoms with Crippen LogP contribution in [-0.2, 0) is 17.1 Å². The molecule has 10 radical (unpaired) electrons. The average molecular weight is 1110 g/mol. The summed E-state index contributed by atoms with van der Waals surface area (Å²) in [6, 6.07) is 63.1. The van der Waals surface area contributed by atoms with Crippen LogP contribution in [0.3, 0.4) is 0 Å². The first-order chi connectivity index (χ1) is 40.6. The normalized spacial score (nSPS) is 14.5. The van der Waals surface area contributed by atoms with Crippen molar-refractivity contribution in [2.45, 2.75) is 0 Å². The zero-order valence-corrected chi connectivity index (χ0v) is 45.8. The minimum atomic E-state index is 0. The molecule has 10 aromatic rings. The molecule has 0 saturated heterocycles. The van der Waals surface area contributed by atoms with E-state index in [9.17, 15) is 0 Å². The number of hydrogen-bond acceptors (Lipinski definition) is 4. The molecule has 8 nitrogen and oxygen atoms in total. The topological polar surface area (TPSA) is 115 Å². The molecular formula is C74H50FeN8+2. The first-order valence-electron chi connectivity index (χ1n) is 27.5. The quantitative estimate of drug-likeness (QED) is 0.124. The van der Waals surface area contributed by atoms with Gasteiger partial charge in [0.1, 0.15) is 0 Å². The second kappa shape index (κ2) is 22.5. The largest absolute Gasteiger partial charge is 2.00 e. The number of hydrogen-bond donors (Lipinski definition) is 4. The van der Waals surface area contributed by atoms with Gasteiger partial charge in [0.05, 0.1) is 45.6 Å². The van der Waals surface area contributed by atoms with Gasteiger partial charge in [-0.2, -0.15) is 0 Å². The van der Waals surface area contributed by atoms with E-state index < -0.39 is 0 Å². The van der Waals surface area contributed by atoms with E-state index >= 15 is 0 Å². The van der Waals surface area contributed by atoms with E-state index in [2.05, 4.69) is 278 Å². The molecule has 0 unspecified atom stereocenters. The Kier molecular flexibility index (Phi) is 14.0. The van der Waals surface area contributed by atoms with Gasteiger partial charge < -0.3 is 19.9 Å². The van der Waals surface area contributed by atoms with Crippen molar-refractivity contribution >= 4 is 92.7 Å². The van der Waals surface area contributed by atoms with Crippen LogP contribution in [0.4, 0.5) is 0 Å². The summed E-state index contributed by atoms with van der Waals surface area (Å²) in [5.41, 5.74) is 26.1. The van der Waals surface area contributed by atoms with Gasteiger partial charge in [-0.05, 0) is 183 Å². The molecule has 6 aliphatic rings. The van der Waals surface area contributed by atoms with Crippen LogP contribution >= 0.6 is 0 Å². The Morgan fingerprint density at radius 1 is 0.229 bits per heavy atom. The molecular weight excluding hydrogens is 1060 g/mol. The summed E-state index contributed by atoms with van der Waals surface area (Å²) in [6.45, 7) is 0. The van der Waals surface area contributed by atoms with Crippen molar-refractivity contribution in [2.75, 3.05) is 0 Å². The number of rotatable bonds is 6. The zero-order valence-electron chi connectivity index (χ0n) is 44.7. The van der Waals surface area contributed by atoms with Crippen LogP contribution in [0.25, 0.3) is 137 Å². The third kappa shape index (κ3) is 10.2. The smallest absolute Gasteiger partial charge is 0.355 e. The predicted molar refractivity (Wildman–Crippen MR) is 339 cm³/mol. The maximum Gasteiger partial charge on any atom is 2.00 e. The Balaban J connectivity index is 0.000000146. The zero-order chi connectivity index (χ0) is 54.3. The van der Waals surface area contributed by atoms with Crippen molar-refractivity contribution in [3.63, 3.8) is 0 Å². The van der Waals surface area contributed by atoms with Crippen molar-refractivity contribution in [3.8, 4) is 44.5 Å². The Hall–Kier alpha value is -9.40. The minimum absolute atomic E-state index is 0. The average Bonchev–Trinajstić information content (AvgIpc) is 4.52. The summed E-state index contributed by atoms with van der Waals surface area (Å²) in [7, 11) is 0. The van der Waals surface area contributed by atoms with E-state index in [4.69, 9.17) is 19.9 Å². The number of H-pyrrole nitrogens is 4. The van der Waals surface area contributed by atoms with Crippen molar-refractivity contribution in [1.29, 1.82) is 0 Å². The summed E-state index contributed by atoms with van der Waals surface area (Å²) in [4.78, 5) is 35.5. The summed E-state index contributed by atoms with van der Waals surface area (Å²) in [5, 5.41) is 0. The van der Waals surface area contributed by atoms with E-state index in [1.807, 2.05) is 24.3 Å². The van der Waals surface area contributed by atoms with Crippen LogP contribution < -0.4 is 0 Å². The number of aromatic nitrogens is 8. The number of fused-ring (bicyclic) bond motifs is 16. The molecule has 2 aliphatic carbocycles. The number of aromatic amines is 4. The first kappa shape index (κ1) is 51.7. The molecule has 2 fully saturated rings. The van der Waals surface area contributed by atoms with Crippen LogP contribution in [0.1, 0.15) is 56.7 Å². The van der Waals surface area contributed by atoms with Crippen LogP contribution in [0.2, 0.25) is 0 Å². The van der Waals surface area contributed by atoms with Gasteiger partial charge in [-0.1, -0.05) is 121 Å². The summed E-state index contributed by atoms with van der Waals surface area (Å²) in [6.07, 6.45) is 33.7. The van der Waals surface area contributed by atoms with Gasteiger partial charge >= 0.3 is 17.1 Å². The third-order valence-corrected chi connectivity index (χ3v) is 15.3. The number of nitrogens with zero attached hydrogens (tertiary/aromatic N) is 4. The van der Waals surface area contributed by atoms with Gasteiger partial charge in [0.25, 0.3) is 0 Å². The van der Waals surface area contributed by atoms with Gasteiger partial charge in [-0.3, -0.25) is 0 Å². The fourth-order valence-corrected chi connectivity index (χ4v) is 11.6. The molecule has 4 aliphatic heterocycles. The Labute approximate surface area is 493 Å². The molecule has 16 bridgehead atoms. The second-order valence-electron chi connectivity index (χ2n) is 20.5. The molecule has 9 heteroatoms. The monoisotopic (exact) mass is 1110 g/mol. The van der Waals surface area contributed by atoms with Crippen molar-refractivity contribution in [2.24, 2.45) is 0 Å². The van der Waals surface area contributed by atoms with E-state index in [-0.39, 0.29) is 17.1 Å². The minimum Gasteiger partial charge on any atom is -0.355 e. The molecule has 4 aromatic carbocycles. The fourth-order valence-electron chi connectivity index (χ4n) is 11.6. The van der Waals surface area contributed by atoms with Gasteiger partial charge in [0.2, 0.25) is 0 Å². The SMILES string of the molecule is [CH]1[CH][CH][C](c2c3nc(c(-c4ccccc4)c4ccc(cc5ccc([nH]5)c(-c5ccccc5)c5nc2C=C5)[nH]4)C=C3)[CH]1.[CH]1[CH][CH][C](c2c3nc(c(-c4ccccc4)c4ccc(cc5ccc([nH]5)c(-c5ccccc5)c5nc2C=C5)[nH]4)C=C3)[CH]1.[Fe+2]. The Morgan fingerprint density at radius 2 is 0.446 bits per heavy atom. The Morgan fingerprint density at radius 3 is 0.675 bits per heavy atom. The molecule has 6 aromatic heterocycles. The van der Waals surface area contributed by atoms with E-state index in [1.54, 1.807) is 0 Å². The molecule has 2 saturated carbocycles. The van der Waals surface area contributed by atoms with Crippen LogP contribution in [0.5, 0.6) is 0 Å². The summed E-state index contributed by atoms with van der Waals surface area (Å²) in [5.74, 6) is 2.20. The fraction of sp³-hybridized carbons (Fsp3) is 0. The van der Waals surface area contributed by atoms with Crippen LogP contribution in [0.15, 0.2) is 182 Å². The van der Waals surface area contributed by atoms with Gasteiger partial charge in [-0.15, -0.1) is 0 Å². The number of nitrogens with one attached hydrogen (secondary N) is 4. The molecule has 0 atom stereocenters. The maximum absolute atomic E-state index is 5.23. The van der Waals surface area contributed by atoms with Crippen LogP contribution in [-0.4, -0.2) is 39.9 Å². The number of benzene rings is 4.